The summed E-state index contributed by atoms with van der Waals surface area (Å²) in [5, 5.41) is 8.55. The van der Waals surface area contributed by atoms with Crippen molar-refractivity contribution < 1.29 is 27.6 Å². The van der Waals surface area contributed by atoms with Gasteiger partial charge in [0.25, 0.3) is 5.91 Å². The summed E-state index contributed by atoms with van der Waals surface area (Å²) in [5.74, 6) is -1.90. The number of aliphatic hydroxyl groups excluding tert-OH is 1. The molecule has 1 aliphatic rings. The second-order valence-corrected chi connectivity index (χ2v) is 7.89. The van der Waals surface area contributed by atoms with Gasteiger partial charge < -0.3 is 14.7 Å². The molecule has 1 fully saturated rings. The molecule has 2 atom stereocenters. The van der Waals surface area contributed by atoms with Crippen LogP contribution in [0.1, 0.15) is 12.0 Å². The Labute approximate surface area is 158 Å². The highest BCUT2D eigenvalue weighted by molar-refractivity contribution is 7.85. The van der Waals surface area contributed by atoms with Gasteiger partial charge in [0.05, 0.1) is 27.6 Å². The van der Waals surface area contributed by atoms with Gasteiger partial charge in [-0.3, -0.25) is 9.00 Å². The summed E-state index contributed by atoms with van der Waals surface area (Å²) in [4.78, 5) is 13.6. The molecule has 5 nitrogen and oxygen atoms in total. The molecule has 1 saturated heterocycles. The quantitative estimate of drug-likeness (QED) is 0.815. The maximum absolute atomic E-state index is 13.8. The molecular weight excluding hydrogens is 376 g/mol. The summed E-state index contributed by atoms with van der Waals surface area (Å²) in [6, 6.07) is 10.3. The van der Waals surface area contributed by atoms with E-state index in [1.807, 2.05) is 0 Å². The number of aliphatic hydroxyl groups is 1. The van der Waals surface area contributed by atoms with Gasteiger partial charge in [0, 0.05) is 13.1 Å². The number of amides is 1. The predicted octanol–water partition coefficient (Wildman–Crippen LogP) is 2.24. The van der Waals surface area contributed by atoms with E-state index in [1.165, 1.54) is 17.0 Å². The summed E-state index contributed by atoms with van der Waals surface area (Å²) < 4.78 is 45.2. The maximum Gasteiger partial charge on any atom is 0.260 e. The molecule has 27 heavy (non-hydrogen) atoms. The van der Waals surface area contributed by atoms with E-state index in [0.29, 0.717) is 18.7 Å². The molecule has 0 radical (unpaired) electrons. The number of carbonyl (C=O) groups excluding carboxylic acids is 1. The lowest BCUT2D eigenvalue weighted by atomic mass is 10.2. The number of carbonyl (C=O) groups is 1. The van der Waals surface area contributed by atoms with E-state index in [1.54, 1.807) is 24.3 Å². The number of rotatable bonds is 6. The van der Waals surface area contributed by atoms with E-state index >= 15 is 0 Å². The van der Waals surface area contributed by atoms with Crippen molar-refractivity contribution in [3.8, 4) is 5.75 Å². The van der Waals surface area contributed by atoms with Crippen molar-refractivity contribution in [1.82, 2.24) is 4.90 Å². The number of benzene rings is 2. The zero-order chi connectivity index (χ0) is 19.4. The molecule has 144 valence electrons. The van der Waals surface area contributed by atoms with Crippen molar-refractivity contribution in [1.29, 1.82) is 0 Å². The normalized spacial score (nSPS) is 17.7. The second-order valence-electron chi connectivity index (χ2n) is 6.19. The van der Waals surface area contributed by atoms with Gasteiger partial charge >= 0.3 is 0 Å². The molecule has 0 spiro atoms. The highest BCUT2D eigenvalue weighted by atomic mass is 32.2. The minimum atomic E-state index is -1.73. The number of hydrogen-bond acceptors (Lipinski definition) is 4. The third kappa shape index (κ3) is 4.51. The molecule has 1 aliphatic heterocycles. The van der Waals surface area contributed by atoms with Gasteiger partial charge in [0.2, 0.25) is 0 Å². The van der Waals surface area contributed by atoms with Crippen molar-refractivity contribution in [3.63, 3.8) is 0 Å². The number of ether oxygens (including phenoxy) is 1. The zero-order valence-corrected chi connectivity index (χ0v) is 15.3. The Balaban J connectivity index is 1.55. The second kappa shape index (κ2) is 8.58. The molecule has 1 amide bonds. The molecule has 1 N–H and O–H groups in total. The summed E-state index contributed by atoms with van der Waals surface area (Å²) in [5.41, 5.74) is 0.739. The standard InChI is InChI=1S/C19H19F2NO4S/c20-16-2-1-3-17(19(16)21)27(25)15-8-9-22(10-15)18(24)12-26-14-6-4-13(11-23)5-7-14/h1-7,15,23H,8-12H2. The van der Waals surface area contributed by atoms with E-state index in [0.717, 1.165) is 11.6 Å². The minimum absolute atomic E-state index is 0.0720. The van der Waals surface area contributed by atoms with Crippen LogP contribution in [0.15, 0.2) is 47.4 Å². The van der Waals surface area contributed by atoms with Crippen LogP contribution in [0.4, 0.5) is 8.78 Å². The Morgan fingerprint density at radius 2 is 1.96 bits per heavy atom. The molecule has 2 aromatic rings. The van der Waals surface area contributed by atoms with Gasteiger partial charge in [-0.25, -0.2) is 8.78 Å². The van der Waals surface area contributed by atoms with Crippen molar-refractivity contribution in [3.05, 3.63) is 59.7 Å². The first kappa shape index (κ1) is 19.4. The Kier molecular flexibility index (Phi) is 6.18. The number of hydrogen-bond donors (Lipinski definition) is 1. The minimum Gasteiger partial charge on any atom is -0.484 e. The van der Waals surface area contributed by atoms with Crippen LogP contribution in [-0.2, 0) is 22.2 Å². The highest BCUT2D eigenvalue weighted by Crippen LogP contribution is 2.24. The first-order valence-corrected chi connectivity index (χ1v) is 9.66. The smallest absolute Gasteiger partial charge is 0.260 e. The van der Waals surface area contributed by atoms with Crippen LogP contribution in [0, 0.1) is 11.6 Å². The zero-order valence-electron chi connectivity index (χ0n) is 14.4. The third-order valence-electron chi connectivity index (χ3n) is 4.40. The molecule has 0 bridgehead atoms. The maximum atomic E-state index is 13.8. The van der Waals surface area contributed by atoms with Crippen LogP contribution in [0.3, 0.4) is 0 Å². The molecule has 2 aromatic carbocycles. The Hall–Kier alpha value is -2.32. The highest BCUT2D eigenvalue weighted by Gasteiger charge is 2.32. The van der Waals surface area contributed by atoms with Crippen LogP contribution in [0.25, 0.3) is 0 Å². The molecule has 0 aliphatic carbocycles. The first-order valence-electron chi connectivity index (χ1n) is 8.44. The largest absolute Gasteiger partial charge is 0.484 e. The molecular formula is C19H19F2NO4S. The Bertz CT molecular complexity index is 844. The fourth-order valence-electron chi connectivity index (χ4n) is 2.88. The van der Waals surface area contributed by atoms with Crippen LogP contribution in [0.2, 0.25) is 0 Å². The van der Waals surface area contributed by atoms with Gasteiger partial charge in [0.1, 0.15) is 5.75 Å². The van der Waals surface area contributed by atoms with Crippen molar-refractivity contribution in [2.75, 3.05) is 19.7 Å². The van der Waals surface area contributed by atoms with E-state index in [-0.39, 0.29) is 30.6 Å². The molecule has 0 aromatic heterocycles. The van der Waals surface area contributed by atoms with Crippen LogP contribution in [0.5, 0.6) is 5.75 Å². The van der Waals surface area contributed by atoms with Crippen LogP contribution in [-0.4, -0.2) is 45.1 Å². The van der Waals surface area contributed by atoms with Crippen LogP contribution < -0.4 is 4.74 Å². The monoisotopic (exact) mass is 395 g/mol. The number of nitrogens with zero attached hydrogens (tertiary/aromatic N) is 1. The number of likely N-dealkylation sites (tertiary alicyclic amines) is 1. The molecule has 3 rings (SSSR count). The van der Waals surface area contributed by atoms with Crippen molar-refractivity contribution in [2.24, 2.45) is 0 Å². The van der Waals surface area contributed by atoms with Gasteiger partial charge in [-0.05, 0) is 36.2 Å². The van der Waals surface area contributed by atoms with Crippen molar-refractivity contribution >= 4 is 16.7 Å². The van der Waals surface area contributed by atoms with E-state index in [4.69, 9.17) is 9.84 Å². The Morgan fingerprint density at radius 3 is 2.67 bits per heavy atom. The fraction of sp³-hybridized carbons (Fsp3) is 0.316. The fourth-order valence-corrected chi connectivity index (χ4v) is 4.36. The lowest BCUT2D eigenvalue weighted by molar-refractivity contribution is -0.132. The van der Waals surface area contributed by atoms with E-state index in [9.17, 15) is 17.8 Å². The average Bonchev–Trinajstić information content (AvgIpc) is 3.18. The van der Waals surface area contributed by atoms with Crippen molar-refractivity contribution in [2.45, 2.75) is 23.2 Å². The molecule has 1 heterocycles. The lowest BCUT2D eigenvalue weighted by Crippen LogP contribution is -2.34. The predicted molar refractivity (Wildman–Crippen MR) is 95.6 cm³/mol. The van der Waals surface area contributed by atoms with Crippen LogP contribution >= 0.6 is 0 Å². The van der Waals surface area contributed by atoms with Gasteiger partial charge in [0.15, 0.2) is 18.2 Å². The Morgan fingerprint density at radius 1 is 1.22 bits per heavy atom. The van der Waals surface area contributed by atoms with Gasteiger partial charge in [-0.1, -0.05) is 18.2 Å². The van der Waals surface area contributed by atoms with E-state index in [2.05, 4.69) is 0 Å². The summed E-state index contributed by atoms with van der Waals surface area (Å²) in [7, 11) is -1.73. The molecule has 0 saturated carbocycles. The first-order chi connectivity index (χ1) is 13.0. The van der Waals surface area contributed by atoms with E-state index < -0.39 is 27.7 Å². The average molecular weight is 395 g/mol. The summed E-state index contributed by atoms with van der Waals surface area (Å²) in [6.07, 6.45) is 0.444. The SMILES string of the molecule is O=C(COc1ccc(CO)cc1)N1CCC(S(=O)c2cccc(F)c2F)C1. The topological polar surface area (TPSA) is 66.8 Å². The van der Waals surface area contributed by atoms with Gasteiger partial charge in [-0.2, -0.15) is 0 Å². The molecule has 2 unspecified atom stereocenters. The summed E-state index contributed by atoms with van der Waals surface area (Å²) >= 11 is 0. The number of halogens is 2. The molecule has 8 heteroatoms. The lowest BCUT2D eigenvalue weighted by Gasteiger charge is -2.17. The third-order valence-corrected chi connectivity index (χ3v) is 6.14. The van der Waals surface area contributed by atoms with Gasteiger partial charge in [-0.15, -0.1) is 0 Å². The summed E-state index contributed by atoms with van der Waals surface area (Å²) in [6.45, 7) is 0.344.